The Morgan fingerprint density at radius 2 is 1.83 bits per heavy atom. The Bertz CT molecular complexity index is 1050. The number of hydrogen-bond acceptors (Lipinski definition) is 3. The lowest BCUT2D eigenvalue weighted by Gasteiger charge is -2.46. The molecule has 0 bridgehead atoms. The van der Waals surface area contributed by atoms with Gasteiger partial charge in [0, 0.05) is 28.1 Å². The highest BCUT2D eigenvalue weighted by Crippen LogP contribution is 2.29. The highest BCUT2D eigenvalue weighted by Gasteiger charge is 2.38. The third-order valence-corrected chi connectivity index (χ3v) is 5.74. The van der Waals surface area contributed by atoms with E-state index in [4.69, 9.17) is 11.6 Å². The number of carbonyl (C=O) groups is 1. The van der Waals surface area contributed by atoms with Crippen molar-refractivity contribution in [3.8, 4) is 5.69 Å². The van der Waals surface area contributed by atoms with Gasteiger partial charge in [-0.1, -0.05) is 29.8 Å². The molecule has 0 saturated carbocycles. The van der Waals surface area contributed by atoms with Crippen LogP contribution in [0.1, 0.15) is 50.9 Å². The van der Waals surface area contributed by atoms with E-state index in [-0.39, 0.29) is 23.0 Å². The predicted octanol–water partition coefficient (Wildman–Crippen LogP) is 4.72. The Hall–Kier alpha value is -2.37. The minimum Gasteiger partial charge on any atom is -0.349 e. The second-order valence-electron chi connectivity index (χ2n) is 9.25. The second kappa shape index (κ2) is 7.15. The SMILES string of the molecule is CC1(C)CC(NC(=O)c2ccc(-n3ncc4ccccc43)c(Cl)c2)CC(C)(C)N1. The van der Waals surface area contributed by atoms with Crippen molar-refractivity contribution < 1.29 is 4.79 Å². The summed E-state index contributed by atoms with van der Waals surface area (Å²) in [6, 6.07) is 13.5. The van der Waals surface area contributed by atoms with Gasteiger partial charge in [0.25, 0.3) is 5.91 Å². The zero-order chi connectivity index (χ0) is 20.8. The Morgan fingerprint density at radius 1 is 1.14 bits per heavy atom. The summed E-state index contributed by atoms with van der Waals surface area (Å²) in [5.74, 6) is -0.0951. The fourth-order valence-electron chi connectivity index (χ4n) is 4.68. The molecule has 2 aromatic carbocycles. The van der Waals surface area contributed by atoms with Crippen LogP contribution in [0.3, 0.4) is 0 Å². The molecule has 3 aromatic rings. The second-order valence-corrected chi connectivity index (χ2v) is 9.66. The van der Waals surface area contributed by atoms with Crippen LogP contribution in [-0.2, 0) is 0 Å². The van der Waals surface area contributed by atoms with Gasteiger partial charge in [0.05, 0.1) is 22.4 Å². The number of nitrogens with zero attached hydrogens (tertiary/aromatic N) is 2. The molecular weight excluding hydrogens is 384 g/mol. The molecule has 6 heteroatoms. The van der Waals surface area contributed by atoms with Crippen molar-refractivity contribution in [3.63, 3.8) is 0 Å². The van der Waals surface area contributed by atoms with Gasteiger partial charge < -0.3 is 10.6 Å². The first-order valence-electron chi connectivity index (χ1n) is 9.96. The molecule has 2 N–H and O–H groups in total. The summed E-state index contributed by atoms with van der Waals surface area (Å²) in [4.78, 5) is 12.9. The number of benzene rings is 2. The molecule has 1 aromatic heterocycles. The summed E-state index contributed by atoms with van der Waals surface area (Å²) < 4.78 is 1.80. The van der Waals surface area contributed by atoms with Gasteiger partial charge in [-0.15, -0.1) is 0 Å². The van der Waals surface area contributed by atoms with Gasteiger partial charge in [-0.25, -0.2) is 4.68 Å². The van der Waals surface area contributed by atoms with Crippen molar-refractivity contribution in [1.29, 1.82) is 0 Å². The minimum absolute atomic E-state index is 0.0254. The summed E-state index contributed by atoms with van der Waals surface area (Å²) in [6.07, 6.45) is 3.58. The lowest BCUT2D eigenvalue weighted by atomic mass is 9.79. The Kier molecular flexibility index (Phi) is 4.91. The molecule has 4 rings (SSSR count). The first kappa shape index (κ1) is 19.9. The molecule has 152 valence electrons. The number of rotatable bonds is 3. The van der Waals surface area contributed by atoms with Crippen molar-refractivity contribution in [2.45, 2.75) is 57.7 Å². The van der Waals surface area contributed by atoms with E-state index in [1.165, 1.54) is 0 Å². The van der Waals surface area contributed by atoms with Gasteiger partial charge in [-0.3, -0.25) is 4.79 Å². The van der Waals surface area contributed by atoms with Crippen molar-refractivity contribution in [2.75, 3.05) is 0 Å². The maximum Gasteiger partial charge on any atom is 0.251 e. The van der Waals surface area contributed by atoms with Crippen LogP contribution < -0.4 is 10.6 Å². The van der Waals surface area contributed by atoms with Gasteiger partial charge in [-0.05, 0) is 64.8 Å². The third-order valence-electron chi connectivity index (χ3n) is 5.44. The molecule has 1 saturated heterocycles. The van der Waals surface area contributed by atoms with Crippen molar-refractivity contribution in [2.24, 2.45) is 0 Å². The van der Waals surface area contributed by atoms with E-state index in [1.54, 1.807) is 10.7 Å². The molecule has 0 spiro atoms. The number of fused-ring (bicyclic) bond motifs is 1. The molecule has 0 radical (unpaired) electrons. The van der Waals surface area contributed by atoms with Gasteiger partial charge in [-0.2, -0.15) is 5.10 Å². The zero-order valence-corrected chi connectivity index (χ0v) is 18.0. The molecule has 1 amide bonds. The van der Waals surface area contributed by atoms with Crippen molar-refractivity contribution >= 4 is 28.4 Å². The van der Waals surface area contributed by atoms with E-state index in [2.05, 4.69) is 43.4 Å². The number of piperidine rings is 1. The Labute approximate surface area is 176 Å². The van der Waals surface area contributed by atoms with E-state index in [0.717, 1.165) is 29.4 Å². The number of halogens is 1. The van der Waals surface area contributed by atoms with Gasteiger partial charge in [0.2, 0.25) is 0 Å². The number of aromatic nitrogens is 2. The normalized spacial score (nSPS) is 18.7. The van der Waals surface area contributed by atoms with Crippen LogP contribution >= 0.6 is 11.6 Å². The standard InChI is InChI=1S/C23H27ClN4O/c1-22(2)12-17(13-23(3,4)27-22)26-21(29)15-9-10-20(18(24)11-15)28-19-8-6-5-7-16(19)14-25-28/h5-11,14,17,27H,12-13H2,1-4H3,(H,26,29). The summed E-state index contributed by atoms with van der Waals surface area (Å²) in [5.41, 5.74) is 2.24. The third kappa shape index (κ3) is 4.16. The highest BCUT2D eigenvalue weighted by atomic mass is 35.5. The van der Waals surface area contributed by atoms with E-state index < -0.39 is 0 Å². The van der Waals surface area contributed by atoms with E-state index in [1.807, 2.05) is 42.6 Å². The summed E-state index contributed by atoms with van der Waals surface area (Å²) in [7, 11) is 0. The molecule has 0 aliphatic carbocycles. The lowest BCUT2D eigenvalue weighted by Crippen LogP contribution is -2.62. The fourth-order valence-corrected chi connectivity index (χ4v) is 4.94. The number of hydrogen-bond donors (Lipinski definition) is 2. The maximum atomic E-state index is 12.9. The fraction of sp³-hybridized carbons (Fsp3) is 0.391. The van der Waals surface area contributed by atoms with Crippen LogP contribution in [-0.4, -0.2) is 32.8 Å². The summed E-state index contributed by atoms with van der Waals surface area (Å²) in [6.45, 7) is 8.69. The lowest BCUT2D eigenvalue weighted by molar-refractivity contribution is 0.0873. The van der Waals surface area contributed by atoms with Gasteiger partial charge >= 0.3 is 0 Å². The first-order valence-corrected chi connectivity index (χ1v) is 10.3. The Balaban J connectivity index is 1.56. The number of nitrogens with one attached hydrogen (secondary N) is 2. The minimum atomic E-state index is -0.0951. The zero-order valence-electron chi connectivity index (χ0n) is 17.3. The maximum absolute atomic E-state index is 12.9. The molecule has 0 unspecified atom stereocenters. The molecule has 1 aliphatic rings. The topological polar surface area (TPSA) is 59.0 Å². The highest BCUT2D eigenvalue weighted by molar-refractivity contribution is 6.32. The van der Waals surface area contributed by atoms with Crippen LogP contribution in [0.25, 0.3) is 16.6 Å². The first-order chi connectivity index (χ1) is 13.6. The molecule has 0 atom stereocenters. The predicted molar refractivity (Wildman–Crippen MR) is 118 cm³/mol. The Morgan fingerprint density at radius 3 is 2.52 bits per heavy atom. The number of para-hydroxylation sites is 1. The van der Waals surface area contributed by atoms with E-state index >= 15 is 0 Å². The molecule has 29 heavy (non-hydrogen) atoms. The van der Waals surface area contributed by atoms with Crippen LogP contribution in [0.15, 0.2) is 48.7 Å². The monoisotopic (exact) mass is 410 g/mol. The van der Waals surface area contributed by atoms with E-state index in [9.17, 15) is 4.79 Å². The molecule has 1 fully saturated rings. The smallest absolute Gasteiger partial charge is 0.251 e. The van der Waals surface area contributed by atoms with E-state index in [0.29, 0.717) is 10.6 Å². The van der Waals surface area contributed by atoms with Crippen LogP contribution in [0, 0.1) is 0 Å². The average molecular weight is 411 g/mol. The molecule has 2 heterocycles. The molecule has 1 aliphatic heterocycles. The van der Waals surface area contributed by atoms with Crippen LogP contribution in [0.5, 0.6) is 0 Å². The van der Waals surface area contributed by atoms with Crippen LogP contribution in [0.4, 0.5) is 0 Å². The van der Waals surface area contributed by atoms with Gasteiger partial charge in [0.15, 0.2) is 0 Å². The van der Waals surface area contributed by atoms with Crippen molar-refractivity contribution in [1.82, 2.24) is 20.4 Å². The largest absolute Gasteiger partial charge is 0.349 e. The summed E-state index contributed by atoms with van der Waals surface area (Å²) >= 11 is 6.55. The number of carbonyl (C=O) groups excluding carboxylic acids is 1. The average Bonchev–Trinajstić information content (AvgIpc) is 3.02. The molecular formula is C23H27ClN4O. The summed E-state index contributed by atoms with van der Waals surface area (Å²) in [5, 5.41) is 12.8. The quantitative estimate of drug-likeness (QED) is 0.656. The van der Waals surface area contributed by atoms with Gasteiger partial charge in [0.1, 0.15) is 0 Å². The van der Waals surface area contributed by atoms with Crippen LogP contribution in [0.2, 0.25) is 5.02 Å². The molecule has 5 nitrogen and oxygen atoms in total. The number of amides is 1. The van der Waals surface area contributed by atoms with Crippen molar-refractivity contribution in [3.05, 3.63) is 59.2 Å².